The zero-order valence-corrected chi connectivity index (χ0v) is 11.0. The topological polar surface area (TPSA) is 47.0 Å². The molecule has 4 nitrogen and oxygen atoms in total. The third-order valence-electron chi connectivity index (χ3n) is 2.74. The van der Waals surface area contributed by atoms with E-state index in [-0.39, 0.29) is 6.04 Å². The van der Waals surface area contributed by atoms with Crippen LogP contribution in [0.2, 0.25) is 5.02 Å². The molecule has 0 aliphatic rings. The maximum Gasteiger partial charge on any atom is 0.137 e. The van der Waals surface area contributed by atoms with Crippen molar-refractivity contribution in [1.82, 2.24) is 15.5 Å². The number of methoxy groups -OCH3 is 1. The van der Waals surface area contributed by atoms with E-state index >= 15 is 0 Å². The minimum Gasteiger partial charge on any atom is -0.495 e. The molecule has 0 aliphatic carbocycles. The molecule has 1 unspecified atom stereocenters. The fourth-order valence-corrected chi connectivity index (χ4v) is 2.05. The van der Waals surface area contributed by atoms with E-state index in [0.717, 1.165) is 11.1 Å². The highest BCUT2D eigenvalue weighted by Crippen LogP contribution is 2.29. The van der Waals surface area contributed by atoms with Gasteiger partial charge in [-0.3, -0.25) is 0 Å². The molecular formula is C13H14ClN3O. The fourth-order valence-electron chi connectivity index (χ4n) is 1.85. The van der Waals surface area contributed by atoms with Crippen molar-refractivity contribution in [3.63, 3.8) is 0 Å². The summed E-state index contributed by atoms with van der Waals surface area (Å²) >= 11 is 6.02. The van der Waals surface area contributed by atoms with Crippen molar-refractivity contribution in [2.45, 2.75) is 6.04 Å². The van der Waals surface area contributed by atoms with E-state index in [9.17, 15) is 0 Å². The Hall–Kier alpha value is -1.65. The molecule has 1 heterocycles. The van der Waals surface area contributed by atoms with E-state index in [1.165, 1.54) is 0 Å². The zero-order chi connectivity index (χ0) is 13.0. The van der Waals surface area contributed by atoms with Gasteiger partial charge in [0, 0.05) is 6.20 Å². The van der Waals surface area contributed by atoms with Gasteiger partial charge in [-0.05, 0) is 36.4 Å². The van der Waals surface area contributed by atoms with E-state index in [0.29, 0.717) is 10.8 Å². The van der Waals surface area contributed by atoms with Crippen LogP contribution in [0.3, 0.4) is 0 Å². The molecule has 0 fully saturated rings. The smallest absolute Gasteiger partial charge is 0.137 e. The molecule has 1 atom stereocenters. The Labute approximate surface area is 111 Å². The average Bonchev–Trinajstić information content (AvgIpc) is 2.42. The molecule has 1 N–H and O–H groups in total. The third kappa shape index (κ3) is 2.60. The van der Waals surface area contributed by atoms with Crippen molar-refractivity contribution in [3.8, 4) is 5.75 Å². The highest BCUT2D eigenvalue weighted by atomic mass is 35.5. The molecule has 94 valence electrons. The number of ether oxygens (including phenoxy) is 1. The Morgan fingerprint density at radius 1 is 1.22 bits per heavy atom. The molecule has 0 radical (unpaired) electrons. The Morgan fingerprint density at radius 3 is 2.67 bits per heavy atom. The van der Waals surface area contributed by atoms with E-state index in [1.54, 1.807) is 19.5 Å². The maximum absolute atomic E-state index is 6.02. The molecule has 2 rings (SSSR count). The summed E-state index contributed by atoms with van der Waals surface area (Å²) in [6.07, 6.45) is 3.41. The Morgan fingerprint density at radius 2 is 2.06 bits per heavy atom. The van der Waals surface area contributed by atoms with Gasteiger partial charge in [-0.15, -0.1) is 0 Å². The standard InChI is InChI=1S/C13H14ClN3O/c1-15-13(10-5-6-16-17-8-10)9-3-4-11(14)12(7-9)18-2/h3-8,13,15H,1-2H3. The van der Waals surface area contributed by atoms with Crippen LogP contribution in [0, 0.1) is 0 Å². The van der Waals surface area contributed by atoms with Crippen molar-refractivity contribution in [2.24, 2.45) is 0 Å². The van der Waals surface area contributed by atoms with Crippen LogP contribution >= 0.6 is 11.6 Å². The third-order valence-corrected chi connectivity index (χ3v) is 3.05. The van der Waals surface area contributed by atoms with E-state index in [2.05, 4.69) is 15.5 Å². The lowest BCUT2D eigenvalue weighted by Crippen LogP contribution is -2.18. The zero-order valence-electron chi connectivity index (χ0n) is 10.2. The second-order valence-corrected chi connectivity index (χ2v) is 4.20. The largest absolute Gasteiger partial charge is 0.495 e. The van der Waals surface area contributed by atoms with E-state index in [1.807, 2.05) is 31.3 Å². The predicted octanol–water partition coefficient (Wildman–Crippen LogP) is 2.45. The van der Waals surface area contributed by atoms with E-state index < -0.39 is 0 Å². The Kier molecular flexibility index (Phi) is 4.12. The van der Waals surface area contributed by atoms with Gasteiger partial charge >= 0.3 is 0 Å². The summed E-state index contributed by atoms with van der Waals surface area (Å²) in [6, 6.07) is 7.67. The number of rotatable bonds is 4. The van der Waals surface area contributed by atoms with Gasteiger partial charge < -0.3 is 10.1 Å². The fraction of sp³-hybridized carbons (Fsp3) is 0.231. The molecule has 0 spiro atoms. The number of hydrogen-bond acceptors (Lipinski definition) is 4. The lowest BCUT2D eigenvalue weighted by Gasteiger charge is -2.17. The number of nitrogens with one attached hydrogen (secondary N) is 1. The normalized spacial score (nSPS) is 12.2. The van der Waals surface area contributed by atoms with Gasteiger partial charge in [-0.2, -0.15) is 10.2 Å². The van der Waals surface area contributed by atoms with Crippen molar-refractivity contribution in [1.29, 1.82) is 0 Å². The summed E-state index contributed by atoms with van der Waals surface area (Å²) in [5.74, 6) is 0.663. The first-order valence-electron chi connectivity index (χ1n) is 5.53. The van der Waals surface area contributed by atoms with Gasteiger partial charge in [0.1, 0.15) is 5.75 Å². The van der Waals surface area contributed by atoms with Gasteiger partial charge in [-0.1, -0.05) is 17.7 Å². The van der Waals surface area contributed by atoms with Crippen LogP contribution in [0.5, 0.6) is 5.75 Å². The van der Waals surface area contributed by atoms with Crippen LogP contribution in [-0.4, -0.2) is 24.4 Å². The molecule has 1 aromatic carbocycles. The summed E-state index contributed by atoms with van der Waals surface area (Å²) in [7, 11) is 3.50. The molecule has 0 amide bonds. The maximum atomic E-state index is 6.02. The van der Waals surface area contributed by atoms with Crippen LogP contribution in [-0.2, 0) is 0 Å². The molecule has 0 bridgehead atoms. The molecular weight excluding hydrogens is 250 g/mol. The van der Waals surface area contributed by atoms with Gasteiger partial charge in [0.25, 0.3) is 0 Å². The van der Waals surface area contributed by atoms with Crippen LogP contribution in [0.15, 0.2) is 36.7 Å². The number of aromatic nitrogens is 2. The monoisotopic (exact) mass is 263 g/mol. The van der Waals surface area contributed by atoms with Gasteiger partial charge in [0.15, 0.2) is 0 Å². The van der Waals surface area contributed by atoms with Crippen molar-refractivity contribution in [2.75, 3.05) is 14.2 Å². The van der Waals surface area contributed by atoms with Crippen LogP contribution in [0.25, 0.3) is 0 Å². The quantitative estimate of drug-likeness (QED) is 0.920. The van der Waals surface area contributed by atoms with Crippen molar-refractivity contribution < 1.29 is 4.74 Å². The average molecular weight is 264 g/mol. The lowest BCUT2D eigenvalue weighted by atomic mass is 10.0. The van der Waals surface area contributed by atoms with Crippen LogP contribution in [0.1, 0.15) is 17.2 Å². The number of nitrogens with zero attached hydrogens (tertiary/aromatic N) is 2. The molecule has 0 aliphatic heterocycles. The molecule has 2 aromatic rings. The number of halogens is 1. The van der Waals surface area contributed by atoms with Gasteiger partial charge in [-0.25, -0.2) is 0 Å². The second-order valence-electron chi connectivity index (χ2n) is 3.79. The minimum absolute atomic E-state index is 0.0340. The molecule has 18 heavy (non-hydrogen) atoms. The summed E-state index contributed by atoms with van der Waals surface area (Å²) in [5, 5.41) is 11.5. The second kappa shape index (κ2) is 5.80. The van der Waals surface area contributed by atoms with Crippen molar-refractivity contribution in [3.05, 3.63) is 52.8 Å². The first-order chi connectivity index (χ1) is 8.76. The molecule has 5 heteroatoms. The van der Waals surface area contributed by atoms with Crippen LogP contribution < -0.4 is 10.1 Å². The number of hydrogen-bond donors (Lipinski definition) is 1. The molecule has 1 aromatic heterocycles. The summed E-state index contributed by atoms with van der Waals surface area (Å²) < 4.78 is 5.23. The minimum atomic E-state index is 0.0340. The molecule has 0 saturated heterocycles. The summed E-state index contributed by atoms with van der Waals surface area (Å²) in [4.78, 5) is 0. The summed E-state index contributed by atoms with van der Waals surface area (Å²) in [6.45, 7) is 0. The number of benzene rings is 1. The predicted molar refractivity (Wildman–Crippen MR) is 70.9 cm³/mol. The summed E-state index contributed by atoms with van der Waals surface area (Å²) in [5.41, 5.74) is 2.10. The highest BCUT2D eigenvalue weighted by molar-refractivity contribution is 6.32. The first-order valence-corrected chi connectivity index (χ1v) is 5.91. The van der Waals surface area contributed by atoms with Gasteiger partial charge in [0.2, 0.25) is 0 Å². The Balaban J connectivity index is 2.39. The van der Waals surface area contributed by atoms with Crippen LogP contribution in [0.4, 0.5) is 0 Å². The van der Waals surface area contributed by atoms with E-state index in [4.69, 9.17) is 16.3 Å². The van der Waals surface area contributed by atoms with Crippen molar-refractivity contribution >= 4 is 11.6 Å². The SMILES string of the molecule is CNC(c1ccnnc1)c1ccc(Cl)c(OC)c1. The molecule has 0 saturated carbocycles. The van der Waals surface area contributed by atoms with Gasteiger partial charge in [0.05, 0.1) is 24.4 Å². The lowest BCUT2D eigenvalue weighted by molar-refractivity contribution is 0.414. The Bertz CT molecular complexity index is 519. The first kappa shape index (κ1) is 12.8. The highest BCUT2D eigenvalue weighted by Gasteiger charge is 2.14.